The maximum atomic E-state index is 12.7. The lowest BCUT2D eigenvalue weighted by Crippen LogP contribution is -2.47. The number of hydrogen-bond donors (Lipinski definition) is 0. The molecule has 0 aliphatic rings. The van der Waals surface area contributed by atoms with Gasteiger partial charge in [-0.1, -0.05) is 64.2 Å². The highest BCUT2D eigenvalue weighted by molar-refractivity contribution is 7.06. The smallest absolute Gasteiger partial charge is 0.137 e. The fraction of sp³-hybridized carbons (Fsp3) is 0.529. The number of ketones is 1. The first kappa shape index (κ1) is 16.8. The molecule has 0 saturated heterocycles. The zero-order valence-electron chi connectivity index (χ0n) is 13.5. The molecule has 0 fully saturated rings. The normalized spacial score (nSPS) is 13.9. The summed E-state index contributed by atoms with van der Waals surface area (Å²) >= 11 is 0. The molecule has 110 valence electrons. The van der Waals surface area contributed by atoms with Gasteiger partial charge in [-0.05, 0) is 17.5 Å². The highest BCUT2D eigenvalue weighted by atomic mass is 28.3. The fourth-order valence-corrected chi connectivity index (χ4v) is 3.59. The minimum absolute atomic E-state index is 0.0160. The molecule has 1 atom stereocenters. The summed E-state index contributed by atoms with van der Waals surface area (Å²) in [7, 11) is -2.04. The first-order valence-corrected chi connectivity index (χ1v) is 10.2. The van der Waals surface area contributed by atoms with Crippen LogP contribution in [0.3, 0.4) is 0 Å². The Kier molecular flexibility index (Phi) is 5.08. The lowest BCUT2D eigenvalue weighted by atomic mass is 9.93. The topological polar surface area (TPSA) is 34.1 Å². The van der Waals surface area contributed by atoms with Crippen molar-refractivity contribution in [2.24, 2.45) is 0 Å². The van der Waals surface area contributed by atoms with Gasteiger partial charge < -0.3 is 4.79 Å². The summed E-state index contributed by atoms with van der Waals surface area (Å²) in [5.74, 6) is -0.221. The van der Waals surface area contributed by atoms with Crippen LogP contribution < -0.4 is 0 Å². The molecule has 0 bridgehead atoms. The zero-order valence-corrected chi connectivity index (χ0v) is 14.5. The van der Waals surface area contributed by atoms with E-state index in [1.807, 2.05) is 30.3 Å². The molecular weight excluding hydrogens is 264 g/mol. The van der Waals surface area contributed by atoms with Crippen molar-refractivity contribution >= 4 is 19.3 Å². The molecule has 2 nitrogen and oxygen atoms in total. The van der Waals surface area contributed by atoms with Crippen LogP contribution in [0.4, 0.5) is 0 Å². The van der Waals surface area contributed by atoms with Gasteiger partial charge in [-0.2, -0.15) is 0 Å². The second-order valence-corrected chi connectivity index (χ2v) is 12.4. The van der Waals surface area contributed by atoms with E-state index < -0.39 is 8.07 Å². The fourth-order valence-electron chi connectivity index (χ4n) is 2.04. The van der Waals surface area contributed by atoms with Gasteiger partial charge in [0, 0.05) is 12.3 Å². The van der Waals surface area contributed by atoms with E-state index in [1.54, 1.807) is 6.92 Å². The Bertz CT molecular complexity index is 483. The van der Waals surface area contributed by atoms with Crippen molar-refractivity contribution in [2.45, 2.75) is 58.2 Å². The summed E-state index contributed by atoms with van der Waals surface area (Å²) in [5.41, 5.74) is 0.951. The monoisotopic (exact) mass is 290 g/mol. The largest absolute Gasteiger partial charge is 0.305 e. The minimum atomic E-state index is -2.04. The van der Waals surface area contributed by atoms with Gasteiger partial charge in [0.15, 0.2) is 0 Å². The van der Waals surface area contributed by atoms with Gasteiger partial charge in [-0.15, -0.1) is 0 Å². The molecule has 0 amide bonds. The van der Waals surface area contributed by atoms with Crippen molar-refractivity contribution in [1.29, 1.82) is 0 Å². The number of hydrogen-bond acceptors (Lipinski definition) is 2. The van der Waals surface area contributed by atoms with Crippen molar-refractivity contribution in [3.05, 3.63) is 35.9 Å². The van der Waals surface area contributed by atoms with E-state index in [0.29, 0.717) is 6.42 Å². The van der Waals surface area contributed by atoms with Gasteiger partial charge in [0.05, 0.1) is 0 Å². The molecule has 0 N–H and O–H groups in total. The van der Waals surface area contributed by atoms with Crippen molar-refractivity contribution in [3.63, 3.8) is 0 Å². The van der Waals surface area contributed by atoms with Crippen LogP contribution in [0, 0.1) is 0 Å². The van der Waals surface area contributed by atoms with Crippen LogP contribution in [0.2, 0.25) is 18.1 Å². The highest BCUT2D eigenvalue weighted by Gasteiger charge is 2.42. The molecule has 1 aromatic carbocycles. The Labute approximate surface area is 123 Å². The van der Waals surface area contributed by atoms with Crippen molar-refractivity contribution < 1.29 is 9.59 Å². The van der Waals surface area contributed by atoms with E-state index in [0.717, 1.165) is 5.56 Å². The quantitative estimate of drug-likeness (QED) is 0.755. The predicted molar refractivity (Wildman–Crippen MR) is 86.7 cm³/mol. The van der Waals surface area contributed by atoms with Crippen molar-refractivity contribution in [2.75, 3.05) is 0 Å². The molecule has 3 heteroatoms. The summed E-state index contributed by atoms with van der Waals surface area (Å²) in [5, 5.41) is 0.302. The van der Waals surface area contributed by atoms with Gasteiger partial charge in [0.1, 0.15) is 19.3 Å². The van der Waals surface area contributed by atoms with Gasteiger partial charge in [-0.3, -0.25) is 4.79 Å². The Morgan fingerprint density at radius 3 is 2.00 bits per heavy atom. The van der Waals surface area contributed by atoms with Crippen LogP contribution in [-0.2, 0) is 9.59 Å². The van der Waals surface area contributed by atoms with Crippen LogP contribution in [0.25, 0.3) is 0 Å². The molecule has 0 spiro atoms. The van der Waals surface area contributed by atoms with E-state index in [2.05, 4.69) is 33.9 Å². The molecule has 0 aliphatic heterocycles. The molecule has 1 unspecified atom stereocenters. The Morgan fingerprint density at radius 1 is 1.10 bits per heavy atom. The zero-order chi connectivity index (χ0) is 15.6. The van der Waals surface area contributed by atoms with E-state index in [9.17, 15) is 9.59 Å². The summed E-state index contributed by atoms with van der Waals surface area (Å²) in [6.45, 7) is 12.2. The van der Waals surface area contributed by atoms with Crippen molar-refractivity contribution in [3.8, 4) is 0 Å². The maximum absolute atomic E-state index is 12.7. The lowest BCUT2D eigenvalue weighted by molar-refractivity contribution is -0.121. The second kappa shape index (κ2) is 6.04. The number of Topliss-reactive ketones (excluding diaryl/α,β-unsaturated/α-hetero) is 1. The number of benzene rings is 1. The van der Waals surface area contributed by atoms with Crippen LogP contribution in [0.5, 0.6) is 0 Å². The van der Waals surface area contributed by atoms with Crippen LogP contribution in [0.15, 0.2) is 30.3 Å². The molecule has 1 rings (SSSR count). The SMILES string of the molecule is CC(=O)C(CC(=O)[Si](C)(C)C(C)(C)C)c1ccccc1. The third-order valence-electron chi connectivity index (χ3n) is 4.65. The van der Waals surface area contributed by atoms with E-state index >= 15 is 0 Å². The third-order valence-corrected chi connectivity index (χ3v) is 10.0. The van der Waals surface area contributed by atoms with E-state index in [1.165, 1.54) is 0 Å². The number of carbonyl (C=O) groups is 2. The average Bonchev–Trinajstić information content (AvgIpc) is 2.34. The Balaban J connectivity index is 2.99. The van der Waals surface area contributed by atoms with Gasteiger partial charge in [0.2, 0.25) is 0 Å². The number of carbonyl (C=O) groups excluding carboxylic acids is 2. The van der Waals surface area contributed by atoms with Crippen molar-refractivity contribution in [1.82, 2.24) is 0 Å². The summed E-state index contributed by atoms with van der Waals surface area (Å²) < 4.78 is 0. The average molecular weight is 290 g/mol. The highest BCUT2D eigenvalue weighted by Crippen LogP contribution is 2.38. The Morgan fingerprint density at radius 2 is 1.60 bits per heavy atom. The molecule has 0 aromatic heterocycles. The molecule has 1 aromatic rings. The van der Waals surface area contributed by atoms with E-state index in [-0.39, 0.29) is 22.1 Å². The minimum Gasteiger partial charge on any atom is -0.305 e. The second-order valence-electron chi connectivity index (χ2n) is 7.08. The van der Waals surface area contributed by atoms with E-state index in [4.69, 9.17) is 0 Å². The molecular formula is C17H26O2Si. The van der Waals surface area contributed by atoms with Gasteiger partial charge in [0.25, 0.3) is 0 Å². The Hall–Kier alpha value is -1.22. The first-order chi connectivity index (χ1) is 9.07. The van der Waals surface area contributed by atoms with Gasteiger partial charge >= 0.3 is 0 Å². The summed E-state index contributed by atoms with van der Waals surface area (Å²) in [4.78, 5) is 24.6. The summed E-state index contributed by atoms with van der Waals surface area (Å²) in [6, 6.07) is 9.64. The molecule has 0 aliphatic carbocycles. The molecule has 0 saturated carbocycles. The lowest BCUT2D eigenvalue weighted by Gasteiger charge is -2.36. The summed E-state index contributed by atoms with van der Waals surface area (Å²) in [6.07, 6.45) is 0.343. The maximum Gasteiger partial charge on any atom is 0.137 e. The molecule has 20 heavy (non-hydrogen) atoms. The standard InChI is InChI=1S/C17H26O2Si/c1-13(18)15(14-10-8-7-9-11-14)12-16(19)20(5,6)17(2,3)4/h7-11,15H,12H2,1-6H3. The van der Waals surface area contributed by atoms with Gasteiger partial charge in [-0.25, -0.2) is 0 Å². The van der Waals surface area contributed by atoms with Crippen LogP contribution in [-0.4, -0.2) is 19.3 Å². The molecule has 0 heterocycles. The number of rotatable bonds is 5. The first-order valence-electron chi connectivity index (χ1n) is 7.16. The van der Waals surface area contributed by atoms with Crippen LogP contribution in [0.1, 0.15) is 45.6 Å². The van der Waals surface area contributed by atoms with Crippen LogP contribution >= 0.6 is 0 Å². The predicted octanol–water partition coefficient (Wildman–Crippen LogP) is 4.37. The molecule has 0 radical (unpaired) electrons. The third kappa shape index (κ3) is 3.66.